The Morgan fingerprint density at radius 3 is 2.50 bits per heavy atom. The molecule has 1 amide bonds. The SMILES string of the molecule is O=C(NNc1ncnc(NCCN2CCCCC2)c1[N+](=O)[O-])c1ccc(Cl)c([N+](=O)[O-])c1. The van der Waals surface area contributed by atoms with E-state index in [4.69, 9.17) is 11.6 Å². The Labute approximate surface area is 187 Å². The molecule has 0 unspecified atom stereocenters. The van der Waals surface area contributed by atoms with Crippen molar-refractivity contribution in [2.75, 3.05) is 36.9 Å². The van der Waals surface area contributed by atoms with E-state index in [1.807, 2.05) is 0 Å². The quantitative estimate of drug-likeness (QED) is 0.370. The molecule has 0 atom stereocenters. The number of nitro groups is 2. The Morgan fingerprint density at radius 1 is 1.09 bits per heavy atom. The molecule has 2 heterocycles. The number of piperidine rings is 1. The van der Waals surface area contributed by atoms with Crippen LogP contribution in [0.5, 0.6) is 0 Å². The number of hydrogen-bond donors (Lipinski definition) is 3. The van der Waals surface area contributed by atoms with Crippen LogP contribution in [0, 0.1) is 20.2 Å². The van der Waals surface area contributed by atoms with Gasteiger partial charge in [0.2, 0.25) is 11.6 Å². The number of likely N-dealkylation sites (tertiary alicyclic amines) is 1. The van der Waals surface area contributed by atoms with E-state index in [1.54, 1.807) is 0 Å². The normalized spacial score (nSPS) is 13.9. The molecule has 1 fully saturated rings. The molecule has 0 spiro atoms. The second-order valence-corrected chi connectivity index (χ2v) is 7.42. The molecular weight excluding hydrogens is 444 g/mol. The van der Waals surface area contributed by atoms with Crippen LogP contribution in [-0.4, -0.2) is 56.8 Å². The summed E-state index contributed by atoms with van der Waals surface area (Å²) >= 11 is 5.74. The highest BCUT2D eigenvalue weighted by Crippen LogP contribution is 2.28. The fourth-order valence-corrected chi connectivity index (χ4v) is 3.46. The van der Waals surface area contributed by atoms with E-state index in [2.05, 4.69) is 31.0 Å². The number of nitro benzene ring substituents is 1. The van der Waals surface area contributed by atoms with Gasteiger partial charge in [0.25, 0.3) is 11.6 Å². The summed E-state index contributed by atoms with van der Waals surface area (Å²) in [5.41, 5.74) is 3.70. The lowest BCUT2D eigenvalue weighted by Gasteiger charge is -2.26. The maximum absolute atomic E-state index is 12.3. The van der Waals surface area contributed by atoms with Crippen molar-refractivity contribution >= 4 is 40.5 Å². The van der Waals surface area contributed by atoms with E-state index in [-0.39, 0.29) is 22.2 Å². The molecule has 0 bridgehead atoms. The van der Waals surface area contributed by atoms with Crippen molar-refractivity contribution < 1.29 is 14.6 Å². The second kappa shape index (κ2) is 10.6. The molecule has 1 aliphatic heterocycles. The summed E-state index contributed by atoms with van der Waals surface area (Å²) in [6.07, 6.45) is 4.61. The predicted octanol–water partition coefficient (Wildman–Crippen LogP) is 2.60. The molecule has 2 aromatic rings. The molecule has 13 nitrogen and oxygen atoms in total. The standard InChI is InChI=1S/C18H21ClN8O5/c19-13-5-4-12(10-14(13)26(29)30)18(28)24-23-17-15(27(31)32)16(21-11-22-17)20-6-9-25-7-2-1-3-8-25/h4-5,10-11H,1-3,6-9H2,(H,24,28)(H2,20,21,22,23). The highest BCUT2D eigenvalue weighted by Gasteiger charge is 2.24. The molecule has 3 rings (SSSR count). The number of carbonyl (C=O) groups is 1. The summed E-state index contributed by atoms with van der Waals surface area (Å²) in [6.45, 7) is 3.17. The summed E-state index contributed by atoms with van der Waals surface area (Å²) in [6, 6.07) is 3.50. The first kappa shape index (κ1) is 23.1. The van der Waals surface area contributed by atoms with Crippen LogP contribution in [0.2, 0.25) is 5.02 Å². The third kappa shape index (κ3) is 5.76. The van der Waals surface area contributed by atoms with Crippen molar-refractivity contribution in [1.29, 1.82) is 0 Å². The Hall–Kier alpha value is -3.58. The molecule has 3 N–H and O–H groups in total. The number of carbonyl (C=O) groups excluding carboxylic acids is 1. The minimum Gasteiger partial charge on any atom is -0.363 e. The molecule has 0 radical (unpaired) electrons. The number of hydrogen-bond acceptors (Lipinski definition) is 10. The summed E-state index contributed by atoms with van der Waals surface area (Å²) in [4.78, 5) is 43.6. The smallest absolute Gasteiger partial charge is 0.354 e. The van der Waals surface area contributed by atoms with Crippen LogP contribution < -0.4 is 16.2 Å². The molecule has 1 aromatic carbocycles. The number of halogens is 1. The highest BCUT2D eigenvalue weighted by molar-refractivity contribution is 6.32. The van der Waals surface area contributed by atoms with Crippen LogP contribution in [0.25, 0.3) is 0 Å². The molecule has 1 aliphatic rings. The van der Waals surface area contributed by atoms with Gasteiger partial charge < -0.3 is 10.2 Å². The van der Waals surface area contributed by atoms with E-state index in [1.165, 1.54) is 18.6 Å². The van der Waals surface area contributed by atoms with Crippen molar-refractivity contribution in [2.45, 2.75) is 19.3 Å². The predicted molar refractivity (Wildman–Crippen MR) is 117 cm³/mol. The van der Waals surface area contributed by atoms with Gasteiger partial charge in [0.15, 0.2) is 0 Å². The zero-order valence-corrected chi connectivity index (χ0v) is 17.7. The summed E-state index contributed by atoms with van der Waals surface area (Å²) < 4.78 is 0. The topological polar surface area (TPSA) is 168 Å². The number of benzene rings is 1. The lowest BCUT2D eigenvalue weighted by Crippen LogP contribution is -2.34. The van der Waals surface area contributed by atoms with Crippen LogP contribution in [0.4, 0.5) is 23.0 Å². The van der Waals surface area contributed by atoms with Gasteiger partial charge in [-0.05, 0) is 38.1 Å². The third-order valence-corrected chi connectivity index (χ3v) is 5.19. The zero-order valence-electron chi connectivity index (χ0n) is 16.9. The van der Waals surface area contributed by atoms with Crippen LogP contribution in [0.1, 0.15) is 29.6 Å². The number of hydrazine groups is 1. The number of amides is 1. The Kier molecular flexibility index (Phi) is 7.68. The maximum atomic E-state index is 12.3. The van der Waals surface area contributed by atoms with Crippen LogP contribution in [-0.2, 0) is 0 Å². The van der Waals surface area contributed by atoms with Gasteiger partial charge in [-0.15, -0.1) is 0 Å². The molecule has 14 heteroatoms. The first-order valence-electron chi connectivity index (χ1n) is 9.82. The second-order valence-electron chi connectivity index (χ2n) is 7.01. The molecule has 170 valence electrons. The average molecular weight is 465 g/mol. The fourth-order valence-electron chi connectivity index (χ4n) is 3.27. The average Bonchev–Trinajstić information content (AvgIpc) is 2.78. The van der Waals surface area contributed by atoms with E-state index in [0.29, 0.717) is 6.54 Å². The highest BCUT2D eigenvalue weighted by atomic mass is 35.5. The number of nitrogens with one attached hydrogen (secondary N) is 3. The van der Waals surface area contributed by atoms with Crippen LogP contribution in [0.3, 0.4) is 0 Å². The maximum Gasteiger partial charge on any atom is 0.354 e. The molecule has 1 aromatic heterocycles. The Bertz CT molecular complexity index is 1010. The van der Waals surface area contributed by atoms with Crippen molar-refractivity contribution in [2.24, 2.45) is 0 Å². The lowest BCUT2D eigenvalue weighted by molar-refractivity contribution is -0.384. The van der Waals surface area contributed by atoms with Crippen molar-refractivity contribution in [3.05, 3.63) is 55.3 Å². The van der Waals surface area contributed by atoms with E-state index >= 15 is 0 Å². The van der Waals surface area contributed by atoms with Gasteiger partial charge in [0.05, 0.1) is 9.85 Å². The summed E-state index contributed by atoms with van der Waals surface area (Å²) in [7, 11) is 0. The Balaban J connectivity index is 1.67. The van der Waals surface area contributed by atoms with Gasteiger partial charge in [-0.3, -0.25) is 35.9 Å². The first-order valence-corrected chi connectivity index (χ1v) is 10.2. The number of nitrogens with zero attached hydrogens (tertiary/aromatic N) is 5. The van der Waals surface area contributed by atoms with Gasteiger partial charge in [-0.25, -0.2) is 9.97 Å². The minimum absolute atomic E-state index is 0.0147. The van der Waals surface area contributed by atoms with Crippen LogP contribution in [0.15, 0.2) is 24.5 Å². The molecule has 0 saturated carbocycles. The van der Waals surface area contributed by atoms with Gasteiger partial charge in [0.1, 0.15) is 11.3 Å². The van der Waals surface area contributed by atoms with Gasteiger partial charge in [0, 0.05) is 24.7 Å². The van der Waals surface area contributed by atoms with E-state index in [9.17, 15) is 25.0 Å². The van der Waals surface area contributed by atoms with Gasteiger partial charge in [-0.2, -0.15) is 0 Å². The number of anilines is 2. The molecular formula is C18H21ClN8O5. The van der Waals surface area contributed by atoms with Crippen molar-refractivity contribution in [3.8, 4) is 0 Å². The molecule has 0 aliphatic carbocycles. The third-order valence-electron chi connectivity index (χ3n) is 4.87. The lowest BCUT2D eigenvalue weighted by atomic mass is 10.1. The fraction of sp³-hybridized carbons (Fsp3) is 0.389. The summed E-state index contributed by atoms with van der Waals surface area (Å²) in [5, 5.41) is 25.4. The number of rotatable bonds is 9. The first-order chi connectivity index (χ1) is 15.4. The minimum atomic E-state index is -0.766. The van der Waals surface area contributed by atoms with Crippen LogP contribution >= 0.6 is 11.6 Å². The van der Waals surface area contributed by atoms with E-state index in [0.717, 1.165) is 44.9 Å². The Morgan fingerprint density at radius 2 is 1.81 bits per heavy atom. The largest absolute Gasteiger partial charge is 0.363 e. The summed E-state index contributed by atoms with van der Waals surface area (Å²) in [5.74, 6) is -0.986. The number of aromatic nitrogens is 2. The van der Waals surface area contributed by atoms with Gasteiger partial charge in [-0.1, -0.05) is 18.0 Å². The zero-order chi connectivity index (χ0) is 23.1. The van der Waals surface area contributed by atoms with E-state index < -0.39 is 27.1 Å². The van der Waals surface area contributed by atoms with Gasteiger partial charge >= 0.3 is 5.69 Å². The van der Waals surface area contributed by atoms with Crippen molar-refractivity contribution in [3.63, 3.8) is 0 Å². The molecule has 1 saturated heterocycles. The molecule has 32 heavy (non-hydrogen) atoms. The van der Waals surface area contributed by atoms with Crippen molar-refractivity contribution in [1.82, 2.24) is 20.3 Å². The monoisotopic (exact) mass is 464 g/mol.